The lowest BCUT2D eigenvalue weighted by atomic mass is 9.68. The maximum atomic E-state index is 13.1. The molecule has 2 saturated heterocycles. The maximum absolute atomic E-state index is 13.1. The monoisotopic (exact) mass is 322 g/mol. The van der Waals surface area contributed by atoms with Gasteiger partial charge in [0, 0.05) is 30.4 Å². The lowest BCUT2D eigenvalue weighted by Gasteiger charge is -2.33. The van der Waals surface area contributed by atoms with Crippen LogP contribution in [0.1, 0.15) is 36.1 Å². The number of carbonyl (C=O) groups is 1. The quantitative estimate of drug-likeness (QED) is 0.797. The highest BCUT2D eigenvalue weighted by atomic mass is 16.5. The molecule has 4 heterocycles. The Labute approximate surface area is 142 Å². The van der Waals surface area contributed by atoms with Gasteiger partial charge in [-0.3, -0.25) is 9.69 Å². The van der Waals surface area contributed by atoms with E-state index >= 15 is 0 Å². The van der Waals surface area contributed by atoms with Crippen molar-refractivity contribution in [1.82, 2.24) is 9.47 Å². The number of carbonyl (C=O) groups excluding carboxylic acids is 1. The number of benzene rings is 1. The lowest BCUT2D eigenvalue weighted by molar-refractivity contribution is -0.155. The first-order valence-corrected chi connectivity index (χ1v) is 8.81. The highest BCUT2D eigenvalue weighted by molar-refractivity contribution is 5.81. The van der Waals surface area contributed by atoms with Crippen molar-refractivity contribution in [2.75, 3.05) is 13.7 Å². The number of aromatic nitrogens is 1. The largest absolute Gasteiger partial charge is 0.468 e. The van der Waals surface area contributed by atoms with E-state index in [1.165, 1.54) is 24.8 Å². The van der Waals surface area contributed by atoms with Crippen LogP contribution >= 0.6 is 0 Å². The van der Waals surface area contributed by atoms with Crippen molar-refractivity contribution in [3.8, 4) is 0 Å². The summed E-state index contributed by atoms with van der Waals surface area (Å²) in [6.07, 6.45) is 4.48. The summed E-state index contributed by atoms with van der Waals surface area (Å²) < 4.78 is 7.63. The highest BCUT2D eigenvalue weighted by Gasteiger charge is 2.68. The summed E-state index contributed by atoms with van der Waals surface area (Å²) in [5.74, 6) is 0.137. The lowest BCUT2D eigenvalue weighted by Crippen LogP contribution is -2.41. The predicted octanol–water partition coefficient (Wildman–Crippen LogP) is 2.96. The second-order valence-electron chi connectivity index (χ2n) is 7.33. The molecule has 1 unspecified atom stereocenters. The van der Waals surface area contributed by atoms with Crippen LogP contribution in [0.15, 0.2) is 48.7 Å². The molecular formula is C20H22N2O2. The molecule has 0 spiro atoms. The SMILES string of the molecule is COC(=O)[C@@]12Cn3cccc3[C@@H]1N1CCCC1[C@H]2c1ccccc1. The average molecular weight is 322 g/mol. The van der Waals surface area contributed by atoms with Gasteiger partial charge in [0.2, 0.25) is 0 Å². The van der Waals surface area contributed by atoms with Gasteiger partial charge in [-0.15, -0.1) is 0 Å². The molecule has 4 nitrogen and oxygen atoms in total. The molecule has 1 aromatic heterocycles. The van der Waals surface area contributed by atoms with E-state index in [1.54, 1.807) is 0 Å². The summed E-state index contributed by atoms with van der Waals surface area (Å²) in [5.41, 5.74) is 2.04. The van der Waals surface area contributed by atoms with Crippen molar-refractivity contribution in [3.63, 3.8) is 0 Å². The summed E-state index contributed by atoms with van der Waals surface area (Å²) in [5, 5.41) is 0. The van der Waals surface area contributed by atoms with Crippen LogP contribution in [0.5, 0.6) is 0 Å². The first-order chi connectivity index (χ1) is 11.8. The zero-order chi connectivity index (χ0) is 16.3. The van der Waals surface area contributed by atoms with Crippen LogP contribution in [0.3, 0.4) is 0 Å². The number of rotatable bonds is 2. The van der Waals surface area contributed by atoms with Gasteiger partial charge in [0.05, 0.1) is 13.2 Å². The van der Waals surface area contributed by atoms with Gasteiger partial charge in [0.1, 0.15) is 5.41 Å². The molecule has 0 aliphatic carbocycles. The van der Waals surface area contributed by atoms with E-state index in [1.807, 2.05) is 6.07 Å². The Morgan fingerprint density at radius 3 is 2.83 bits per heavy atom. The summed E-state index contributed by atoms with van der Waals surface area (Å²) in [4.78, 5) is 15.7. The van der Waals surface area contributed by atoms with Gasteiger partial charge in [0.25, 0.3) is 0 Å². The molecule has 0 bridgehead atoms. The Kier molecular flexibility index (Phi) is 2.95. The van der Waals surface area contributed by atoms with Gasteiger partial charge in [-0.05, 0) is 37.1 Å². The minimum Gasteiger partial charge on any atom is -0.468 e. The zero-order valence-corrected chi connectivity index (χ0v) is 13.9. The van der Waals surface area contributed by atoms with E-state index in [4.69, 9.17) is 4.74 Å². The van der Waals surface area contributed by atoms with Gasteiger partial charge >= 0.3 is 5.97 Å². The maximum Gasteiger partial charge on any atom is 0.316 e. The number of hydrogen-bond donors (Lipinski definition) is 0. The van der Waals surface area contributed by atoms with Crippen molar-refractivity contribution in [1.29, 1.82) is 0 Å². The van der Waals surface area contributed by atoms with Crippen molar-refractivity contribution in [3.05, 3.63) is 59.9 Å². The predicted molar refractivity (Wildman–Crippen MR) is 90.5 cm³/mol. The molecule has 2 fully saturated rings. The number of fused-ring (bicyclic) bond motifs is 5. The third-order valence-electron chi connectivity index (χ3n) is 6.40. The zero-order valence-electron chi connectivity index (χ0n) is 13.9. The van der Waals surface area contributed by atoms with Crippen LogP contribution in [0.2, 0.25) is 0 Å². The van der Waals surface area contributed by atoms with Crippen LogP contribution in [0.25, 0.3) is 0 Å². The van der Waals surface area contributed by atoms with Gasteiger partial charge in [-0.25, -0.2) is 0 Å². The van der Waals surface area contributed by atoms with Crippen LogP contribution < -0.4 is 0 Å². The second kappa shape index (κ2) is 4.96. The van der Waals surface area contributed by atoms with Crippen molar-refractivity contribution in [2.24, 2.45) is 5.41 Å². The van der Waals surface area contributed by atoms with E-state index in [2.05, 4.69) is 52.1 Å². The van der Waals surface area contributed by atoms with E-state index in [9.17, 15) is 4.79 Å². The highest BCUT2D eigenvalue weighted by Crippen LogP contribution is 2.64. The normalized spacial score (nSPS) is 34.0. The molecule has 0 saturated carbocycles. The molecule has 5 rings (SSSR count). The molecular weight excluding hydrogens is 300 g/mol. The second-order valence-corrected chi connectivity index (χ2v) is 7.33. The van der Waals surface area contributed by atoms with Crippen LogP contribution in [0, 0.1) is 5.41 Å². The summed E-state index contributed by atoms with van der Waals surface area (Å²) in [6.45, 7) is 1.79. The Balaban J connectivity index is 1.74. The topological polar surface area (TPSA) is 34.5 Å². The number of esters is 1. The van der Waals surface area contributed by atoms with Crippen molar-refractivity contribution >= 4 is 5.97 Å². The molecule has 3 aliphatic heterocycles. The third-order valence-corrected chi connectivity index (χ3v) is 6.40. The standard InChI is InChI=1S/C20H22N2O2/c1-24-19(23)20-13-21-11-5-10-16(21)18(20)22-12-6-9-15(22)17(20)14-7-3-2-4-8-14/h2-5,7-8,10-11,15,17-18H,6,9,12-13H2,1H3/t15?,17-,18+,20-/m1/s1. The third kappa shape index (κ3) is 1.59. The molecule has 3 aliphatic rings. The summed E-state index contributed by atoms with van der Waals surface area (Å²) >= 11 is 0. The van der Waals surface area contributed by atoms with E-state index < -0.39 is 5.41 Å². The number of nitrogens with zero attached hydrogens (tertiary/aromatic N) is 2. The molecule has 4 heteroatoms. The number of hydrogen-bond acceptors (Lipinski definition) is 3. The Bertz CT molecular complexity index is 784. The van der Waals surface area contributed by atoms with Gasteiger partial charge in [-0.2, -0.15) is 0 Å². The first kappa shape index (κ1) is 14.3. The molecule has 124 valence electrons. The summed E-state index contributed by atoms with van der Waals surface area (Å²) in [7, 11) is 1.54. The summed E-state index contributed by atoms with van der Waals surface area (Å²) in [6, 6.07) is 15.4. The molecule has 1 aromatic carbocycles. The van der Waals surface area contributed by atoms with Gasteiger partial charge in [0.15, 0.2) is 0 Å². The van der Waals surface area contributed by atoms with E-state index in [-0.39, 0.29) is 17.9 Å². The fraction of sp³-hybridized carbons (Fsp3) is 0.450. The molecule has 2 aromatic rings. The first-order valence-electron chi connectivity index (χ1n) is 8.81. The molecule has 4 atom stereocenters. The van der Waals surface area contributed by atoms with Crippen molar-refractivity contribution in [2.45, 2.75) is 37.4 Å². The van der Waals surface area contributed by atoms with Crippen LogP contribution in [-0.2, 0) is 16.1 Å². The Hall–Kier alpha value is -2.07. The minimum absolute atomic E-state index is 0.0561. The fourth-order valence-electron chi connectivity index (χ4n) is 5.70. The van der Waals surface area contributed by atoms with Gasteiger partial charge < -0.3 is 9.30 Å². The Morgan fingerprint density at radius 2 is 2.04 bits per heavy atom. The average Bonchev–Trinajstić information content (AvgIpc) is 3.33. The molecule has 0 N–H and O–H groups in total. The van der Waals surface area contributed by atoms with Crippen LogP contribution in [-0.4, -0.2) is 35.1 Å². The minimum atomic E-state index is -0.502. The molecule has 0 radical (unpaired) electrons. The molecule has 0 amide bonds. The van der Waals surface area contributed by atoms with Crippen molar-refractivity contribution < 1.29 is 9.53 Å². The Morgan fingerprint density at radius 1 is 1.21 bits per heavy atom. The smallest absolute Gasteiger partial charge is 0.316 e. The number of methoxy groups -OCH3 is 1. The number of ether oxygens (including phenoxy) is 1. The van der Waals surface area contributed by atoms with E-state index in [0.29, 0.717) is 6.04 Å². The van der Waals surface area contributed by atoms with Gasteiger partial charge in [-0.1, -0.05) is 30.3 Å². The fourth-order valence-corrected chi connectivity index (χ4v) is 5.70. The van der Waals surface area contributed by atoms with E-state index in [0.717, 1.165) is 19.5 Å². The van der Waals surface area contributed by atoms with Crippen LogP contribution in [0.4, 0.5) is 0 Å². The molecule has 24 heavy (non-hydrogen) atoms.